The zero-order chi connectivity index (χ0) is 16.2. The quantitative estimate of drug-likeness (QED) is 0.613. The Morgan fingerprint density at radius 1 is 1.22 bits per heavy atom. The minimum Gasteiger partial charge on any atom is -0.506 e. The van der Waals surface area contributed by atoms with E-state index in [2.05, 4.69) is 20.6 Å². The number of aromatic nitrogens is 2. The number of anilines is 1. The third-order valence-electron chi connectivity index (χ3n) is 3.62. The van der Waals surface area contributed by atoms with E-state index in [0.29, 0.717) is 13.1 Å². The lowest BCUT2D eigenvalue weighted by molar-refractivity contribution is 0.0726. The van der Waals surface area contributed by atoms with Crippen molar-refractivity contribution >= 4 is 17.5 Å². The molecule has 0 aliphatic carbocycles. The molecule has 8 nitrogen and oxygen atoms in total. The molecule has 1 saturated heterocycles. The van der Waals surface area contributed by atoms with Crippen molar-refractivity contribution in [3.63, 3.8) is 0 Å². The van der Waals surface area contributed by atoms with Gasteiger partial charge in [-0.25, -0.2) is 4.98 Å². The van der Waals surface area contributed by atoms with Crippen LogP contribution in [0.3, 0.4) is 0 Å². The fourth-order valence-corrected chi connectivity index (χ4v) is 2.42. The number of amides is 2. The summed E-state index contributed by atoms with van der Waals surface area (Å²) >= 11 is 0. The van der Waals surface area contributed by atoms with Crippen molar-refractivity contribution in [3.05, 3.63) is 42.0 Å². The standard InChI is InChI=1S/C15H17N5O3/c21-11-4-2-1-3-10(11)19-14(22)12-13(18-9-17-12)15(23)20-7-5-16-6-8-20/h1-4,9,16,21H,5-8H2,(H,17,18)(H,19,22). The molecule has 0 spiro atoms. The molecule has 8 heteroatoms. The lowest BCUT2D eigenvalue weighted by Crippen LogP contribution is -2.46. The maximum atomic E-state index is 12.5. The fourth-order valence-electron chi connectivity index (χ4n) is 2.42. The number of phenolic OH excluding ortho intramolecular Hbond substituents is 1. The number of imidazole rings is 1. The molecule has 1 aliphatic heterocycles. The van der Waals surface area contributed by atoms with Crippen LogP contribution in [0.25, 0.3) is 0 Å². The topological polar surface area (TPSA) is 110 Å². The zero-order valence-corrected chi connectivity index (χ0v) is 12.4. The minimum absolute atomic E-state index is 0.0109. The lowest BCUT2D eigenvalue weighted by atomic mass is 10.2. The maximum Gasteiger partial charge on any atom is 0.276 e. The van der Waals surface area contributed by atoms with E-state index in [1.807, 2.05) is 0 Å². The third-order valence-corrected chi connectivity index (χ3v) is 3.62. The van der Waals surface area contributed by atoms with Gasteiger partial charge in [-0.05, 0) is 12.1 Å². The predicted molar refractivity (Wildman–Crippen MR) is 83.4 cm³/mol. The van der Waals surface area contributed by atoms with Crippen LogP contribution in [0.2, 0.25) is 0 Å². The average molecular weight is 315 g/mol. The molecule has 120 valence electrons. The van der Waals surface area contributed by atoms with Crippen LogP contribution in [-0.4, -0.2) is 58.0 Å². The maximum absolute atomic E-state index is 12.5. The molecule has 1 aliphatic rings. The Morgan fingerprint density at radius 3 is 2.70 bits per heavy atom. The normalized spacial score (nSPS) is 14.5. The second kappa shape index (κ2) is 6.49. The first-order chi connectivity index (χ1) is 11.2. The first-order valence-electron chi connectivity index (χ1n) is 7.29. The largest absolute Gasteiger partial charge is 0.506 e. The molecule has 2 aromatic rings. The molecule has 1 fully saturated rings. The number of nitrogens with zero attached hydrogens (tertiary/aromatic N) is 2. The van der Waals surface area contributed by atoms with Crippen LogP contribution in [0.4, 0.5) is 5.69 Å². The molecule has 1 aromatic heterocycles. The van der Waals surface area contributed by atoms with Gasteiger partial charge in [-0.3, -0.25) is 9.59 Å². The van der Waals surface area contributed by atoms with E-state index < -0.39 is 5.91 Å². The van der Waals surface area contributed by atoms with E-state index in [0.717, 1.165) is 13.1 Å². The summed E-state index contributed by atoms with van der Waals surface area (Å²) in [6, 6.07) is 6.37. The second-order valence-corrected chi connectivity index (χ2v) is 5.14. The Bertz CT molecular complexity index is 721. The molecule has 0 saturated carbocycles. The van der Waals surface area contributed by atoms with Crippen LogP contribution in [0.1, 0.15) is 21.0 Å². The van der Waals surface area contributed by atoms with Crippen LogP contribution in [-0.2, 0) is 0 Å². The molecule has 0 bridgehead atoms. The third kappa shape index (κ3) is 3.16. The van der Waals surface area contributed by atoms with E-state index >= 15 is 0 Å². The zero-order valence-electron chi connectivity index (χ0n) is 12.4. The molecule has 0 atom stereocenters. The van der Waals surface area contributed by atoms with Gasteiger partial charge in [0.1, 0.15) is 11.4 Å². The van der Waals surface area contributed by atoms with E-state index in [1.54, 1.807) is 23.1 Å². The van der Waals surface area contributed by atoms with Gasteiger partial charge in [0.15, 0.2) is 5.69 Å². The summed E-state index contributed by atoms with van der Waals surface area (Å²) in [6.45, 7) is 2.61. The number of H-pyrrole nitrogens is 1. The van der Waals surface area contributed by atoms with Gasteiger partial charge < -0.3 is 25.6 Å². The second-order valence-electron chi connectivity index (χ2n) is 5.14. The van der Waals surface area contributed by atoms with Crippen LogP contribution in [0.15, 0.2) is 30.6 Å². The molecular formula is C15H17N5O3. The summed E-state index contributed by atoms with van der Waals surface area (Å²) in [4.78, 5) is 33.2. The first-order valence-corrected chi connectivity index (χ1v) is 7.29. The van der Waals surface area contributed by atoms with Crippen molar-refractivity contribution in [3.8, 4) is 5.75 Å². The summed E-state index contributed by atoms with van der Waals surface area (Å²) in [5.41, 5.74) is 0.428. The monoisotopic (exact) mass is 315 g/mol. The number of para-hydroxylation sites is 2. The summed E-state index contributed by atoms with van der Waals surface area (Å²) in [5, 5.41) is 15.4. The Balaban J connectivity index is 1.78. The summed E-state index contributed by atoms with van der Waals surface area (Å²) in [5.74, 6) is -0.857. The van der Waals surface area contributed by atoms with Crippen molar-refractivity contribution in [2.75, 3.05) is 31.5 Å². The number of aromatic hydroxyl groups is 1. The van der Waals surface area contributed by atoms with E-state index in [-0.39, 0.29) is 28.7 Å². The van der Waals surface area contributed by atoms with Gasteiger partial charge in [-0.2, -0.15) is 0 Å². The van der Waals surface area contributed by atoms with E-state index in [1.165, 1.54) is 12.4 Å². The molecule has 2 amide bonds. The van der Waals surface area contributed by atoms with E-state index in [9.17, 15) is 14.7 Å². The molecule has 4 N–H and O–H groups in total. The van der Waals surface area contributed by atoms with Crippen molar-refractivity contribution in [1.82, 2.24) is 20.2 Å². The number of benzene rings is 1. The van der Waals surface area contributed by atoms with Crippen molar-refractivity contribution in [2.45, 2.75) is 0 Å². The van der Waals surface area contributed by atoms with Gasteiger partial charge in [0, 0.05) is 26.2 Å². The van der Waals surface area contributed by atoms with Gasteiger partial charge in [0.05, 0.1) is 12.0 Å². The fraction of sp³-hybridized carbons (Fsp3) is 0.267. The molecule has 0 radical (unpaired) electrons. The van der Waals surface area contributed by atoms with Crippen molar-refractivity contribution in [1.29, 1.82) is 0 Å². The van der Waals surface area contributed by atoms with Gasteiger partial charge in [0.2, 0.25) is 0 Å². The number of aromatic amines is 1. The van der Waals surface area contributed by atoms with Gasteiger partial charge in [0.25, 0.3) is 11.8 Å². The van der Waals surface area contributed by atoms with E-state index in [4.69, 9.17) is 0 Å². The van der Waals surface area contributed by atoms with Crippen LogP contribution in [0, 0.1) is 0 Å². The number of phenols is 1. The summed E-state index contributed by atoms with van der Waals surface area (Å²) in [6.07, 6.45) is 1.31. The lowest BCUT2D eigenvalue weighted by Gasteiger charge is -2.27. The molecule has 0 unspecified atom stereocenters. The number of hydrogen-bond acceptors (Lipinski definition) is 5. The Hall–Kier alpha value is -2.87. The number of carbonyl (C=O) groups is 2. The first kappa shape index (κ1) is 15.0. The highest BCUT2D eigenvalue weighted by Gasteiger charge is 2.25. The Labute approximate surface area is 132 Å². The molecule has 1 aromatic carbocycles. The number of hydrogen-bond donors (Lipinski definition) is 4. The number of piperazine rings is 1. The smallest absolute Gasteiger partial charge is 0.276 e. The highest BCUT2D eigenvalue weighted by Crippen LogP contribution is 2.22. The summed E-state index contributed by atoms with van der Waals surface area (Å²) in [7, 11) is 0. The summed E-state index contributed by atoms with van der Waals surface area (Å²) < 4.78 is 0. The van der Waals surface area contributed by atoms with Crippen molar-refractivity contribution < 1.29 is 14.7 Å². The predicted octanol–water partition coefficient (Wildman–Crippen LogP) is 0.413. The number of nitrogens with one attached hydrogen (secondary N) is 3. The molecular weight excluding hydrogens is 298 g/mol. The van der Waals surface area contributed by atoms with Gasteiger partial charge in [-0.15, -0.1) is 0 Å². The molecule has 23 heavy (non-hydrogen) atoms. The number of carbonyl (C=O) groups excluding carboxylic acids is 2. The SMILES string of the molecule is O=C(Nc1ccccc1O)c1nc[nH]c1C(=O)N1CCNCC1. The van der Waals surface area contributed by atoms with Gasteiger partial charge in [-0.1, -0.05) is 12.1 Å². The minimum atomic E-state index is -0.550. The Kier molecular flexibility index (Phi) is 4.24. The van der Waals surface area contributed by atoms with Crippen LogP contribution < -0.4 is 10.6 Å². The highest BCUT2D eigenvalue weighted by molar-refractivity contribution is 6.10. The number of rotatable bonds is 3. The van der Waals surface area contributed by atoms with Crippen LogP contribution in [0.5, 0.6) is 5.75 Å². The van der Waals surface area contributed by atoms with Crippen molar-refractivity contribution in [2.24, 2.45) is 0 Å². The molecule has 3 rings (SSSR count). The molecule has 2 heterocycles. The highest BCUT2D eigenvalue weighted by atomic mass is 16.3. The van der Waals surface area contributed by atoms with Crippen LogP contribution >= 0.6 is 0 Å². The average Bonchev–Trinajstić information content (AvgIpc) is 3.07. The van der Waals surface area contributed by atoms with Gasteiger partial charge >= 0.3 is 0 Å². The Morgan fingerprint density at radius 2 is 1.96 bits per heavy atom.